The number of halogens is 1. The number of imidazole rings is 1. The minimum absolute atomic E-state index is 0.0105. The fraction of sp³-hybridized carbons (Fsp3) is 0.571. The molecule has 1 saturated heterocycles. The third-order valence-electron chi connectivity index (χ3n) is 2.20. The number of hydrogen-bond donors (Lipinski definition) is 0. The average molecular weight is 218 g/mol. The second-order valence-corrected chi connectivity index (χ2v) is 3.48. The van der Waals surface area contributed by atoms with Crippen molar-refractivity contribution in [3.8, 4) is 0 Å². The summed E-state index contributed by atoms with van der Waals surface area (Å²) in [6.45, 7) is 2.55. The zero-order valence-corrected chi connectivity index (χ0v) is 8.14. The summed E-state index contributed by atoms with van der Waals surface area (Å²) in [5.74, 6) is -0.234. The van der Waals surface area contributed by atoms with Gasteiger partial charge in [0, 0.05) is 0 Å². The Balaban J connectivity index is 2.28. The molecule has 0 N–H and O–H groups in total. The smallest absolute Gasteiger partial charge is 0.371 e. The molecule has 2 heterocycles. The highest BCUT2D eigenvalue weighted by atomic mass is 35.5. The van der Waals surface area contributed by atoms with Crippen molar-refractivity contribution in [2.75, 3.05) is 6.61 Å². The first kappa shape index (κ1) is 9.42. The van der Waals surface area contributed by atoms with Gasteiger partial charge in [-0.1, -0.05) is 0 Å². The van der Waals surface area contributed by atoms with Gasteiger partial charge in [0.05, 0.1) is 12.6 Å². The lowest BCUT2D eigenvalue weighted by Gasteiger charge is -2.07. The molecule has 0 radical (unpaired) electrons. The van der Waals surface area contributed by atoms with Crippen LogP contribution in [0.5, 0.6) is 0 Å². The Hall–Kier alpha value is -1.14. The van der Waals surface area contributed by atoms with E-state index in [1.807, 2.05) is 6.92 Å². The van der Waals surface area contributed by atoms with Gasteiger partial charge in [0.25, 0.3) is 0 Å². The third-order valence-corrected chi connectivity index (χ3v) is 2.48. The molecule has 1 aromatic heterocycles. The Bertz CT molecular complexity index is 374. The Morgan fingerprint density at radius 1 is 1.93 bits per heavy atom. The summed E-state index contributed by atoms with van der Waals surface area (Å²) in [6, 6.07) is -0.0105. The van der Waals surface area contributed by atoms with Crippen molar-refractivity contribution in [3.05, 3.63) is 21.6 Å². The van der Waals surface area contributed by atoms with Crippen molar-refractivity contribution in [3.63, 3.8) is 0 Å². The minimum atomic E-state index is -0.567. The molecule has 76 valence electrons. The quantitative estimate of drug-likeness (QED) is 0.436. The number of aromatic nitrogens is 2. The number of nitro groups is 1. The molecule has 2 rings (SSSR count). The number of epoxide rings is 1. The van der Waals surface area contributed by atoms with Crippen LogP contribution in [0.1, 0.15) is 13.0 Å². The van der Waals surface area contributed by atoms with Gasteiger partial charge in [0.1, 0.15) is 12.3 Å². The lowest BCUT2D eigenvalue weighted by molar-refractivity contribution is -0.389. The van der Waals surface area contributed by atoms with E-state index in [4.69, 9.17) is 16.3 Å². The monoisotopic (exact) mass is 217 g/mol. The molecule has 6 nitrogen and oxygen atoms in total. The maximum Gasteiger partial charge on any atom is 0.383 e. The lowest BCUT2D eigenvalue weighted by Crippen LogP contribution is -2.10. The summed E-state index contributed by atoms with van der Waals surface area (Å²) in [5, 5.41) is 10.5. The van der Waals surface area contributed by atoms with Crippen LogP contribution in [-0.4, -0.2) is 27.2 Å². The number of hydrogen-bond acceptors (Lipinski definition) is 4. The highest BCUT2D eigenvalue weighted by molar-refractivity contribution is 6.28. The molecule has 0 spiro atoms. The van der Waals surface area contributed by atoms with E-state index in [1.54, 1.807) is 4.57 Å². The van der Waals surface area contributed by atoms with Gasteiger partial charge < -0.3 is 14.9 Å². The molecule has 0 aromatic carbocycles. The average Bonchev–Trinajstić information content (AvgIpc) is 2.88. The van der Waals surface area contributed by atoms with Gasteiger partial charge in [-0.05, 0) is 28.4 Å². The van der Waals surface area contributed by atoms with Crippen LogP contribution in [0, 0.1) is 10.1 Å². The second-order valence-electron chi connectivity index (χ2n) is 3.14. The Morgan fingerprint density at radius 3 is 3.00 bits per heavy atom. The minimum Gasteiger partial charge on any atom is -0.371 e. The molecule has 0 amide bonds. The van der Waals surface area contributed by atoms with Crippen LogP contribution in [0.3, 0.4) is 0 Å². The normalized spacial score (nSPS) is 22.0. The number of rotatable bonds is 3. The molecule has 0 saturated carbocycles. The largest absolute Gasteiger partial charge is 0.383 e. The van der Waals surface area contributed by atoms with E-state index in [0.29, 0.717) is 6.61 Å². The fourth-order valence-electron chi connectivity index (χ4n) is 1.25. The molecule has 14 heavy (non-hydrogen) atoms. The summed E-state index contributed by atoms with van der Waals surface area (Å²) in [4.78, 5) is 13.5. The zero-order valence-electron chi connectivity index (χ0n) is 7.38. The number of nitrogens with zero attached hydrogens (tertiary/aromatic N) is 3. The van der Waals surface area contributed by atoms with Gasteiger partial charge in [0.15, 0.2) is 0 Å². The first-order chi connectivity index (χ1) is 6.59. The Kier molecular flexibility index (Phi) is 2.16. The molecule has 7 heteroatoms. The molecule has 2 unspecified atom stereocenters. The predicted molar refractivity (Wildman–Crippen MR) is 48.3 cm³/mol. The first-order valence-corrected chi connectivity index (χ1v) is 4.47. The van der Waals surface area contributed by atoms with Crippen LogP contribution in [0.15, 0.2) is 6.20 Å². The molecule has 0 bridgehead atoms. The van der Waals surface area contributed by atoms with E-state index in [0.717, 1.165) is 0 Å². The van der Waals surface area contributed by atoms with Gasteiger partial charge in [0.2, 0.25) is 0 Å². The highest BCUT2D eigenvalue weighted by Crippen LogP contribution is 2.28. The number of ether oxygens (including phenoxy) is 1. The van der Waals surface area contributed by atoms with Crippen molar-refractivity contribution in [1.29, 1.82) is 0 Å². The maximum atomic E-state index is 10.4. The standard InChI is InChI=1S/C7H8ClN3O3/c1-4(5-3-14-5)10-2-6(11(12)13)9-7(10)8/h2,4-5H,3H2,1H3. The van der Waals surface area contributed by atoms with Gasteiger partial charge in [-0.3, -0.25) is 4.57 Å². The fourth-order valence-corrected chi connectivity index (χ4v) is 1.53. The molecule has 0 aliphatic carbocycles. The van der Waals surface area contributed by atoms with E-state index in [1.165, 1.54) is 6.20 Å². The van der Waals surface area contributed by atoms with Crippen molar-refractivity contribution < 1.29 is 9.66 Å². The van der Waals surface area contributed by atoms with Crippen LogP contribution in [0.2, 0.25) is 5.28 Å². The van der Waals surface area contributed by atoms with Crippen LogP contribution in [-0.2, 0) is 4.74 Å². The van der Waals surface area contributed by atoms with E-state index < -0.39 is 4.92 Å². The second kappa shape index (κ2) is 3.21. The molecule has 1 fully saturated rings. The summed E-state index contributed by atoms with van der Waals surface area (Å²) in [6.07, 6.45) is 1.43. The Labute approximate surface area is 84.6 Å². The molecular formula is C7H8ClN3O3. The third kappa shape index (κ3) is 1.58. The maximum absolute atomic E-state index is 10.4. The van der Waals surface area contributed by atoms with Crippen LogP contribution >= 0.6 is 11.6 Å². The topological polar surface area (TPSA) is 73.5 Å². The molecule has 1 aliphatic heterocycles. The first-order valence-electron chi connectivity index (χ1n) is 4.10. The van der Waals surface area contributed by atoms with Crippen LogP contribution < -0.4 is 0 Å². The highest BCUT2D eigenvalue weighted by Gasteiger charge is 2.33. The summed E-state index contributed by atoms with van der Waals surface area (Å²) in [7, 11) is 0. The zero-order chi connectivity index (χ0) is 10.3. The molecule has 2 atom stereocenters. The lowest BCUT2D eigenvalue weighted by atomic mass is 10.2. The van der Waals surface area contributed by atoms with Gasteiger partial charge >= 0.3 is 11.1 Å². The summed E-state index contributed by atoms with van der Waals surface area (Å²) < 4.78 is 6.63. The van der Waals surface area contributed by atoms with Crippen molar-refractivity contribution in [2.24, 2.45) is 0 Å². The van der Waals surface area contributed by atoms with Crippen LogP contribution in [0.25, 0.3) is 0 Å². The van der Waals surface area contributed by atoms with Gasteiger partial charge in [-0.15, -0.1) is 0 Å². The van der Waals surface area contributed by atoms with Crippen molar-refractivity contribution >= 4 is 17.4 Å². The van der Waals surface area contributed by atoms with E-state index in [9.17, 15) is 10.1 Å². The van der Waals surface area contributed by atoms with E-state index in [-0.39, 0.29) is 23.2 Å². The van der Waals surface area contributed by atoms with Crippen molar-refractivity contribution in [1.82, 2.24) is 9.55 Å². The van der Waals surface area contributed by atoms with Crippen LogP contribution in [0.4, 0.5) is 5.82 Å². The van der Waals surface area contributed by atoms with Crippen molar-refractivity contribution in [2.45, 2.75) is 19.1 Å². The molecule has 1 aliphatic rings. The predicted octanol–water partition coefficient (Wildman–Crippen LogP) is 1.40. The van der Waals surface area contributed by atoms with E-state index in [2.05, 4.69) is 4.98 Å². The van der Waals surface area contributed by atoms with Gasteiger partial charge in [-0.2, -0.15) is 0 Å². The SMILES string of the molecule is CC(C1CO1)n1cc([N+](=O)[O-])nc1Cl. The van der Waals surface area contributed by atoms with Gasteiger partial charge in [-0.25, -0.2) is 0 Å². The molecule has 1 aromatic rings. The summed E-state index contributed by atoms with van der Waals surface area (Å²) >= 11 is 5.75. The Morgan fingerprint density at radius 2 is 2.57 bits per heavy atom. The summed E-state index contributed by atoms with van der Waals surface area (Å²) in [5.41, 5.74) is 0. The van der Waals surface area contributed by atoms with E-state index >= 15 is 0 Å². The molecular weight excluding hydrogens is 210 g/mol.